The van der Waals surface area contributed by atoms with Crippen LogP contribution in [0.25, 0.3) is 0 Å². The third kappa shape index (κ3) is 5.05. The molecule has 2 aromatic carbocycles. The van der Waals surface area contributed by atoms with E-state index in [2.05, 4.69) is 39.8 Å². The predicted molar refractivity (Wildman–Crippen MR) is 78.0 cm³/mol. The fourth-order valence-corrected chi connectivity index (χ4v) is 1.50. The zero-order valence-electron chi connectivity index (χ0n) is 11.6. The second kappa shape index (κ2) is 6.25. The number of aryl methyl sites for hydroxylation is 1. The Bertz CT molecular complexity index is 449. The first-order valence-electron chi connectivity index (χ1n) is 6.21. The van der Waals surface area contributed by atoms with Crippen molar-refractivity contribution < 1.29 is 5.11 Å². The van der Waals surface area contributed by atoms with Crippen molar-refractivity contribution in [2.75, 3.05) is 0 Å². The molecule has 1 nitrogen and oxygen atoms in total. The molecule has 0 heterocycles. The first kappa shape index (κ1) is 14.3. The highest BCUT2D eigenvalue weighted by Gasteiger charge is 2.12. The quantitative estimate of drug-likeness (QED) is 0.711. The molecular weight excluding hydrogens is 220 g/mol. The van der Waals surface area contributed by atoms with E-state index in [9.17, 15) is 0 Å². The predicted octanol–water partition coefficient (Wildman–Crippen LogP) is 4.68. The second-order valence-corrected chi connectivity index (χ2v) is 5.45. The molecule has 2 aromatic rings. The fraction of sp³-hybridized carbons (Fsp3) is 0.294. The van der Waals surface area contributed by atoms with E-state index >= 15 is 0 Å². The summed E-state index contributed by atoms with van der Waals surface area (Å²) in [6.45, 7) is 8.54. The highest BCUT2D eigenvalue weighted by atomic mass is 16.3. The Balaban J connectivity index is 0.000000199. The van der Waals surface area contributed by atoms with Crippen LogP contribution >= 0.6 is 0 Å². The van der Waals surface area contributed by atoms with Crippen LogP contribution in [0.15, 0.2) is 54.6 Å². The molecule has 0 spiro atoms. The molecule has 0 saturated heterocycles. The smallest absolute Gasteiger partial charge is 0.115 e. The number of hydrogen-bond donors (Lipinski definition) is 1. The van der Waals surface area contributed by atoms with Gasteiger partial charge in [-0.1, -0.05) is 68.8 Å². The van der Waals surface area contributed by atoms with Gasteiger partial charge in [0, 0.05) is 0 Å². The Morgan fingerprint density at radius 1 is 0.778 bits per heavy atom. The van der Waals surface area contributed by atoms with E-state index in [1.807, 2.05) is 30.3 Å². The van der Waals surface area contributed by atoms with Crippen LogP contribution in [0.5, 0.6) is 5.75 Å². The Morgan fingerprint density at radius 2 is 1.28 bits per heavy atom. The first-order chi connectivity index (χ1) is 8.39. The largest absolute Gasteiger partial charge is 0.508 e. The highest BCUT2D eigenvalue weighted by Crippen LogP contribution is 2.23. The van der Waals surface area contributed by atoms with E-state index in [4.69, 9.17) is 5.11 Å². The maximum Gasteiger partial charge on any atom is 0.115 e. The van der Waals surface area contributed by atoms with Crippen LogP contribution in [0.2, 0.25) is 0 Å². The van der Waals surface area contributed by atoms with Gasteiger partial charge in [-0.3, -0.25) is 0 Å². The minimum Gasteiger partial charge on any atom is -0.508 e. The van der Waals surface area contributed by atoms with Gasteiger partial charge in [0.2, 0.25) is 0 Å². The molecule has 2 rings (SSSR count). The van der Waals surface area contributed by atoms with Crippen molar-refractivity contribution in [1.82, 2.24) is 0 Å². The lowest BCUT2D eigenvalue weighted by atomic mass is 9.87. The van der Waals surface area contributed by atoms with Gasteiger partial charge >= 0.3 is 0 Å². The molecule has 0 fully saturated rings. The highest BCUT2D eigenvalue weighted by molar-refractivity contribution is 5.29. The first-order valence-corrected chi connectivity index (χ1v) is 6.21. The van der Waals surface area contributed by atoms with E-state index in [0.29, 0.717) is 5.75 Å². The van der Waals surface area contributed by atoms with E-state index in [-0.39, 0.29) is 5.41 Å². The molecule has 0 saturated carbocycles. The molecule has 0 aromatic heterocycles. The van der Waals surface area contributed by atoms with E-state index in [1.165, 1.54) is 11.1 Å². The van der Waals surface area contributed by atoms with Gasteiger partial charge in [0.1, 0.15) is 5.75 Å². The van der Waals surface area contributed by atoms with Gasteiger partial charge in [-0.25, -0.2) is 0 Å². The molecule has 0 amide bonds. The summed E-state index contributed by atoms with van der Waals surface area (Å²) in [5.74, 6) is 0.331. The van der Waals surface area contributed by atoms with Crippen LogP contribution in [0.3, 0.4) is 0 Å². The number of phenolic OH excluding ortho intramolecular Hbond substituents is 1. The number of phenols is 1. The summed E-state index contributed by atoms with van der Waals surface area (Å²) < 4.78 is 0. The van der Waals surface area contributed by atoms with Crippen LogP contribution in [-0.4, -0.2) is 5.11 Å². The molecule has 0 atom stereocenters. The van der Waals surface area contributed by atoms with Crippen LogP contribution in [0.4, 0.5) is 0 Å². The number of hydrogen-bond acceptors (Lipinski definition) is 1. The van der Waals surface area contributed by atoms with Crippen molar-refractivity contribution in [2.24, 2.45) is 0 Å². The summed E-state index contributed by atoms with van der Waals surface area (Å²) in [5.41, 5.74) is 2.74. The summed E-state index contributed by atoms with van der Waals surface area (Å²) in [6.07, 6.45) is 0. The number of benzene rings is 2. The molecule has 0 unspecified atom stereocenters. The fourth-order valence-electron chi connectivity index (χ4n) is 1.50. The van der Waals surface area contributed by atoms with Gasteiger partial charge in [-0.2, -0.15) is 0 Å². The molecule has 96 valence electrons. The summed E-state index contributed by atoms with van der Waals surface area (Å²) >= 11 is 0. The maximum atomic E-state index is 9.02. The Kier molecular flexibility index (Phi) is 4.96. The molecule has 18 heavy (non-hydrogen) atoms. The van der Waals surface area contributed by atoms with Gasteiger partial charge < -0.3 is 5.11 Å². The van der Waals surface area contributed by atoms with Crippen LogP contribution in [0, 0.1) is 6.92 Å². The van der Waals surface area contributed by atoms with Gasteiger partial charge in [0.15, 0.2) is 0 Å². The third-order valence-corrected chi connectivity index (χ3v) is 2.67. The molecule has 0 radical (unpaired) electrons. The molecular formula is C17H22O. The Labute approximate surface area is 110 Å². The molecule has 0 bridgehead atoms. The average molecular weight is 242 g/mol. The van der Waals surface area contributed by atoms with Crippen LogP contribution in [-0.2, 0) is 5.41 Å². The minimum atomic E-state index is 0.174. The lowest BCUT2D eigenvalue weighted by Gasteiger charge is -2.18. The molecule has 0 aliphatic carbocycles. The van der Waals surface area contributed by atoms with Crippen LogP contribution in [0.1, 0.15) is 31.9 Å². The van der Waals surface area contributed by atoms with Gasteiger partial charge in [-0.15, -0.1) is 0 Å². The maximum absolute atomic E-state index is 9.02. The number of aromatic hydroxyl groups is 1. The van der Waals surface area contributed by atoms with Crippen molar-refractivity contribution in [2.45, 2.75) is 33.1 Å². The third-order valence-electron chi connectivity index (χ3n) is 2.67. The van der Waals surface area contributed by atoms with Gasteiger partial charge in [0.25, 0.3) is 0 Å². The Hall–Kier alpha value is -1.76. The van der Waals surface area contributed by atoms with E-state index in [1.54, 1.807) is 12.1 Å². The van der Waals surface area contributed by atoms with Crippen molar-refractivity contribution in [1.29, 1.82) is 0 Å². The molecule has 1 N–H and O–H groups in total. The van der Waals surface area contributed by atoms with Gasteiger partial charge in [-0.05, 0) is 30.0 Å². The summed E-state index contributed by atoms with van der Waals surface area (Å²) in [4.78, 5) is 0. The van der Waals surface area contributed by atoms with E-state index in [0.717, 1.165) is 0 Å². The van der Waals surface area contributed by atoms with Crippen molar-refractivity contribution in [3.63, 3.8) is 0 Å². The summed E-state index contributed by atoms with van der Waals surface area (Å²) in [7, 11) is 0. The minimum absolute atomic E-state index is 0.174. The SMILES string of the molecule is CC(C)(C)c1ccc(O)cc1.Cc1ccccc1. The topological polar surface area (TPSA) is 20.2 Å². The summed E-state index contributed by atoms with van der Waals surface area (Å²) in [5, 5.41) is 9.02. The van der Waals surface area contributed by atoms with E-state index < -0.39 is 0 Å². The van der Waals surface area contributed by atoms with Gasteiger partial charge in [0.05, 0.1) is 0 Å². The average Bonchev–Trinajstić information content (AvgIpc) is 2.30. The Morgan fingerprint density at radius 3 is 1.61 bits per heavy atom. The van der Waals surface area contributed by atoms with Crippen LogP contribution < -0.4 is 0 Å². The summed E-state index contributed by atoms with van der Waals surface area (Å²) in [6, 6.07) is 17.6. The molecule has 0 aliphatic heterocycles. The lowest BCUT2D eigenvalue weighted by Crippen LogP contribution is -2.10. The monoisotopic (exact) mass is 242 g/mol. The van der Waals surface area contributed by atoms with Crippen molar-refractivity contribution in [3.8, 4) is 5.75 Å². The number of rotatable bonds is 0. The van der Waals surface area contributed by atoms with Crippen molar-refractivity contribution in [3.05, 3.63) is 65.7 Å². The molecule has 0 aliphatic rings. The van der Waals surface area contributed by atoms with Crippen molar-refractivity contribution >= 4 is 0 Å². The normalized spacial score (nSPS) is 10.4. The lowest BCUT2D eigenvalue weighted by molar-refractivity contribution is 0.474. The second-order valence-electron chi connectivity index (χ2n) is 5.45. The standard InChI is InChI=1S/C10H14O.C7H8/c1-10(2,3)8-4-6-9(11)7-5-8;1-7-5-3-2-4-6-7/h4-7,11H,1-3H3;2-6H,1H3. The zero-order valence-corrected chi connectivity index (χ0v) is 11.6. The molecule has 1 heteroatoms. The zero-order chi connectivity index (χ0) is 13.6.